The lowest BCUT2D eigenvalue weighted by Gasteiger charge is -2.14. The molecule has 3 nitrogen and oxygen atoms in total. The van der Waals surface area contributed by atoms with Gasteiger partial charge in [0.2, 0.25) is 0 Å². The third kappa shape index (κ3) is 2.51. The van der Waals surface area contributed by atoms with Gasteiger partial charge in [-0.25, -0.2) is 4.98 Å². The fraction of sp³-hybridized carbons (Fsp3) is 0.400. The number of aromatic nitrogens is 1. The minimum Gasteiger partial charge on any atom is -0.388 e. The van der Waals surface area contributed by atoms with Crippen LogP contribution in [0, 0.1) is 6.92 Å². The van der Waals surface area contributed by atoms with Crippen LogP contribution in [0.25, 0.3) is 0 Å². The molecule has 1 aromatic carbocycles. The van der Waals surface area contributed by atoms with Crippen molar-refractivity contribution in [3.05, 3.63) is 45.4 Å². The van der Waals surface area contributed by atoms with Crippen LogP contribution >= 0.6 is 11.3 Å². The summed E-state index contributed by atoms with van der Waals surface area (Å²) in [4.78, 5) is 6.67. The first-order valence-corrected chi connectivity index (χ1v) is 7.44. The minimum absolute atomic E-state index is 0.460. The molecule has 1 aliphatic rings. The molecule has 1 unspecified atom stereocenters. The fourth-order valence-electron chi connectivity index (χ4n) is 2.61. The number of aliphatic hydroxyl groups is 1. The molecule has 1 aromatic heterocycles. The largest absolute Gasteiger partial charge is 0.388 e. The molecule has 0 saturated carbocycles. The Kier molecular flexibility index (Phi) is 3.29. The molecule has 100 valence electrons. The highest BCUT2D eigenvalue weighted by atomic mass is 32.1. The maximum absolute atomic E-state index is 10.3. The highest BCUT2D eigenvalue weighted by molar-refractivity contribution is 7.09. The van der Waals surface area contributed by atoms with Crippen LogP contribution in [-0.4, -0.2) is 23.7 Å². The van der Waals surface area contributed by atoms with Gasteiger partial charge in [-0.1, -0.05) is 12.1 Å². The van der Waals surface area contributed by atoms with Crippen molar-refractivity contribution in [1.82, 2.24) is 4.98 Å². The SMILES string of the molecule is Cc1nc(CC(O)c2ccc3c(c2)CCN3C)cs1. The summed E-state index contributed by atoms with van der Waals surface area (Å²) in [5, 5.41) is 13.4. The summed E-state index contributed by atoms with van der Waals surface area (Å²) in [7, 11) is 2.11. The molecule has 0 aliphatic carbocycles. The molecule has 0 saturated heterocycles. The van der Waals surface area contributed by atoms with Crippen molar-refractivity contribution in [2.45, 2.75) is 25.9 Å². The monoisotopic (exact) mass is 274 g/mol. The third-order valence-electron chi connectivity index (χ3n) is 3.69. The van der Waals surface area contributed by atoms with Crippen LogP contribution in [0.5, 0.6) is 0 Å². The van der Waals surface area contributed by atoms with Crippen LogP contribution in [0.4, 0.5) is 5.69 Å². The second kappa shape index (κ2) is 4.94. The first-order chi connectivity index (χ1) is 9.13. The van der Waals surface area contributed by atoms with Crippen molar-refractivity contribution < 1.29 is 5.11 Å². The van der Waals surface area contributed by atoms with E-state index in [9.17, 15) is 5.11 Å². The topological polar surface area (TPSA) is 36.4 Å². The number of nitrogens with zero attached hydrogens (tertiary/aromatic N) is 2. The zero-order valence-electron chi connectivity index (χ0n) is 11.3. The van der Waals surface area contributed by atoms with Crippen molar-refractivity contribution >= 4 is 17.0 Å². The summed E-state index contributed by atoms with van der Waals surface area (Å²) >= 11 is 1.63. The summed E-state index contributed by atoms with van der Waals surface area (Å²) in [5.41, 5.74) is 4.61. The van der Waals surface area contributed by atoms with Crippen molar-refractivity contribution in [3.8, 4) is 0 Å². The Hall–Kier alpha value is -1.39. The summed E-state index contributed by atoms with van der Waals surface area (Å²) in [5.74, 6) is 0. The second-order valence-electron chi connectivity index (χ2n) is 5.14. The number of benzene rings is 1. The lowest BCUT2D eigenvalue weighted by molar-refractivity contribution is 0.177. The number of aryl methyl sites for hydroxylation is 1. The molecule has 0 amide bonds. The average Bonchev–Trinajstić information content (AvgIpc) is 2.96. The Morgan fingerprint density at radius 3 is 3.05 bits per heavy atom. The minimum atomic E-state index is -0.460. The van der Waals surface area contributed by atoms with E-state index in [0.29, 0.717) is 6.42 Å². The smallest absolute Gasteiger partial charge is 0.0897 e. The average molecular weight is 274 g/mol. The fourth-order valence-corrected chi connectivity index (χ4v) is 3.24. The van der Waals surface area contributed by atoms with E-state index in [4.69, 9.17) is 0 Å². The molecular weight excluding hydrogens is 256 g/mol. The van der Waals surface area contributed by atoms with E-state index < -0.39 is 6.10 Å². The van der Waals surface area contributed by atoms with Crippen molar-refractivity contribution in [3.63, 3.8) is 0 Å². The normalized spacial score (nSPS) is 15.6. The predicted octanol–water partition coefficient (Wildman–Crippen LogP) is 2.72. The van der Waals surface area contributed by atoms with Gasteiger partial charge in [-0.3, -0.25) is 0 Å². The van der Waals surface area contributed by atoms with Gasteiger partial charge in [-0.2, -0.15) is 0 Å². The van der Waals surface area contributed by atoms with Crippen LogP contribution in [0.3, 0.4) is 0 Å². The number of likely N-dealkylation sites (N-methyl/N-ethyl adjacent to an activating group) is 1. The van der Waals surface area contributed by atoms with E-state index in [2.05, 4.69) is 29.1 Å². The van der Waals surface area contributed by atoms with E-state index in [1.54, 1.807) is 11.3 Å². The van der Waals surface area contributed by atoms with Gasteiger partial charge >= 0.3 is 0 Å². The Morgan fingerprint density at radius 1 is 1.47 bits per heavy atom. The van der Waals surface area contributed by atoms with Crippen molar-refractivity contribution in [1.29, 1.82) is 0 Å². The first kappa shape index (κ1) is 12.6. The molecule has 2 heterocycles. The van der Waals surface area contributed by atoms with Gasteiger partial charge in [0.1, 0.15) is 0 Å². The van der Waals surface area contributed by atoms with Gasteiger partial charge in [0.05, 0.1) is 16.8 Å². The van der Waals surface area contributed by atoms with Crippen LogP contribution in [0.15, 0.2) is 23.6 Å². The molecule has 4 heteroatoms. The third-order valence-corrected chi connectivity index (χ3v) is 4.51. The van der Waals surface area contributed by atoms with E-state index in [1.807, 2.05) is 18.4 Å². The Labute approximate surface area is 117 Å². The van der Waals surface area contributed by atoms with Crippen LogP contribution in [-0.2, 0) is 12.8 Å². The van der Waals surface area contributed by atoms with Gasteiger partial charge in [-0.05, 0) is 30.5 Å². The van der Waals surface area contributed by atoms with Crippen molar-refractivity contribution in [2.24, 2.45) is 0 Å². The maximum Gasteiger partial charge on any atom is 0.0897 e. The highest BCUT2D eigenvalue weighted by Gasteiger charge is 2.18. The predicted molar refractivity (Wildman–Crippen MR) is 78.9 cm³/mol. The van der Waals surface area contributed by atoms with Crippen molar-refractivity contribution in [2.75, 3.05) is 18.5 Å². The summed E-state index contributed by atoms with van der Waals surface area (Å²) in [6.07, 6.45) is 1.21. The first-order valence-electron chi connectivity index (χ1n) is 6.56. The van der Waals surface area contributed by atoms with E-state index in [0.717, 1.165) is 29.2 Å². The number of hydrogen-bond donors (Lipinski definition) is 1. The van der Waals surface area contributed by atoms with Crippen LogP contribution in [0.2, 0.25) is 0 Å². The zero-order chi connectivity index (χ0) is 13.4. The molecule has 0 bridgehead atoms. The van der Waals surface area contributed by atoms with Gasteiger partial charge in [0.25, 0.3) is 0 Å². The van der Waals surface area contributed by atoms with Crippen LogP contribution < -0.4 is 4.90 Å². The lowest BCUT2D eigenvalue weighted by atomic mass is 10.0. The molecule has 0 fully saturated rings. The molecule has 0 radical (unpaired) electrons. The highest BCUT2D eigenvalue weighted by Crippen LogP contribution is 2.30. The number of aliphatic hydroxyl groups excluding tert-OH is 1. The number of anilines is 1. The molecule has 1 aliphatic heterocycles. The van der Waals surface area contributed by atoms with E-state index >= 15 is 0 Å². The summed E-state index contributed by atoms with van der Waals surface area (Å²) in [6.45, 7) is 3.06. The van der Waals surface area contributed by atoms with Gasteiger partial charge in [0.15, 0.2) is 0 Å². The van der Waals surface area contributed by atoms with E-state index in [1.165, 1.54) is 11.3 Å². The maximum atomic E-state index is 10.3. The molecule has 1 N–H and O–H groups in total. The Bertz CT molecular complexity index is 594. The van der Waals surface area contributed by atoms with Gasteiger partial charge < -0.3 is 10.0 Å². The molecule has 2 aromatic rings. The van der Waals surface area contributed by atoms with Gasteiger partial charge in [0, 0.05) is 31.1 Å². The molecule has 0 spiro atoms. The summed E-state index contributed by atoms with van der Waals surface area (Å²) < 4.78 is 0. The summed E-state index contributed by atoms with van der Waals surface area (Å²) in [6, 6.07) is 6.29. The molecule has 19 heavy (non-hydrogen) atoms. The molecular formula is C15H18N2OS. The lowest BCUT2D eigenvalue weighted by Crippen LogP contribution is -2.12. The van der Waals surface area contributed by atoms with Crippen LogP contribution in [0.1, 0.15) is 27.9 Å². The number of fused-ring (bicyclic) bond motifs is 1. The quantitative estimate of drug-likeness (QED) is 0.935. The standard InChI is InChI=1S/C15H18N2OS/c1-10-16-13(9-19-10)8-15(18)12-3-4-14-11(7-12)5-6-17(14)2/h3-4,7,9,15,18H,5-6,8H2,1-2H3. The van der Waals surface area contributed by atoms with E-state index in [-0.39, 0.29) is 0 Å². The number of hydrogen-bond acceptors (Lipinski definition) is 4. The number of thiazole rings is 1. The number of rotatable bonds is 3. The molecule has 1 atom stereocenters. The second-order valence-corrected chi connectivity index (χ2v) is 6.20. The Balaban J connectivity index is 1.79. The molecule has 3 rings (SSSR count). The van der Waals surface area contributed by atoms with Gasteiger partial charge in [-0.15, -0.1) is 11.3 Å². The zero-order valence-corrected chi connectivity index (χ0v) is 12.1. The Morgan fingerprint density at radius 2 is 2.32 bits per heavy atom.